The summed E-state index contributed by atoms with van der Waals surface area (Å²) in [5.74, 6) is -0.887. The number of quaternary nitrogens is 1. The van der Waals surface area contributed by atoms with Crippen molar-refractivity contribution in [2.45, 2.75) is 174 Å². The van der Waals surface area contributed by atoms with Gasteiger partial charge >= 0.3 is 19.8 Å². The van der Waals surface area contributed by atoms with Gasteiger partial charge in [-0.05, 0) is 44.9 Å². The van der Waals surface area contributed by atoms with Gasteiger partial charge in [0.25, 0.3) is 0 Å². The molecular formula is C44H81NO9P+. The fourth-order valence-corrected chi connectivity index (χ4v) is 6.24. The molecule has 55 heavy (non-hydrogen) atoms. The van der Waals surface area contributed by atoms with Crippen molar-refractivity contribution in [2.75, 3.05) is 47.5 Å². The predicted molar refractivity (Wildman–Crippen MR) is 226 cm³/mol. The second-order valence-corrected chi connectivity index (χ2v) is 17.0. The molecule has 0 radical (unpaired) electrons. The maximum atomic E-state index is 12.6. The van der Waals surface area contributed by atoms with Crippen molar-refractivity contribution in [1.29, 1.82) is 0 Å². The van der Waals surface area contributed by atoms with E-state index < -0.39 is 32.5 Å². The number of aliphatic hydroxyl groups excluding tert-OH is 1. The maximum Gasteiger partial charge on any atom is 0.472 e. The van der Waals surface area contributed by atoms with Crippen molar-refractivity contribution in [2.24, 2.45) is 0 Å². The number of esters is 2. The minimum absolute atomic E-state index is 0.0137. The van der Waals surface area contributed by atoms with Gasteiger partial charge in [0.1, 0.15) is 19.8 Å². The Morgan fingerprint density at radius 2 is 1.15 bits per heavy atom. The zero-order valence-corrected chi connectivity index (χ0v) is 36.4. The third-order valence-electron chi connectivity index (χ3n) is 8.93. The number of ether oxygens (including phenoxy) is 2. The Morgan fingerprint density at radius 3 is 1.71 bits per heavy atom. The molecule has 0 spiro atoms. The first kappa shape index (κ1) is 52.9. The number of likely N-dealkylation sites (N-methyl/N-ethyl adjacent to an activating group) is 1. The van der Waals surface area contributed by atoms with Crippen LogP contribution in [0.25, 0.3) is 0 Å². The zero-order chi connectivity index (χ0) is 40.9. The fourth-order valence-electron chi connectivity index (χ4n) is 5.49. The van der Waals surface area contributed by atoms with Gasteiger partial charge in [0.05, 0.1) is 33.9 Å². The number of hydrogen-bond donors (Lipinski definition) is 2. The third kappa shape index (κ3) is 39.9. The van der Waals surface area contributed by atoms with Gasteiger partial charge in [-0.2, -0.15) is 0 Å². The molecule has 0 amide bonds. The topological polar surface area (TPSA) is 129 Å². The first-order valence-corrected chi connectivity index (χ1v) is 22.9. The van der Waals surface area contributed by atoms with E-state index in [-0.39, 0.29) is 32.2 Å². The number of nitrogens with zero attached hydrogens (tertiary/aromatic N) is 1. The molecule has 2 N–H and O–H groups in total. The molecule has 0 aromatic rings. The summed E-state index contributed by atoms with van der Waals surface area (Å²) in [6.45, 7) is 4.18. The summed E-state index contributed by atoms with van der Waals surface area (Å²) in [5, 5.41) is 9.82. The van der Waals surface area contributed by atoms with E-state index in [0.29, 0.717) is 23.9 Å². The number of hydrogen-bond acceptors (Lipinski definition) is 8. The van der Waals surface area contributed by atoms with Crippen LogP contribution in [0.15, 0.2) is 48.6 Å². The van der Waals surface area contributed by atoms with E-state index in [1.54, 1.807) is 0 Å². The number of phosphoric ester groups is 1. The molecular weight excluding hydrogens is 717 g/mol. The minimum atomic E-state index is -4.40. The van der Waals surface area contributed by atoms with Gasteiger partial charge in [-0.1, -0.05) is 152 Å². The average molecular weight is 799 g/mol. The van der Waals surface area contributed by atoms with Crippen LogP contribution < -0.4 is 0 Å². The van der Waals surface area contributed by atoms with Gasteiger partial charge in [-0.15, -0.1) is 0 Å². The molecule has 3 atom stereocenters. The molecule has 0 saturated heterocycles. The summed E-state index contributed by atoms with van der Waals surface area (Å²) in [6, 6.07) is 0. The number of allylic oxidation sites excluding steroid dienone is 7. The fraction of sp³-hybridized carbons (Fsp3) is 0.773. The van der Waals surface area contributed by atoms with Crippen LogP contribution in [-0.4, -0.2) is 86.1 Å². The molecule has 0 aromatic carbocycles. The van der Waals surface area contributed by atoms with Crippen LogP contribution in [0.5, 0.6) is 0 Å². The highest BCUT2D eigenvalue weighted by Gasteiger charge is 2.27. The Balaban J connectivity index is 4.51. The number of carbonyl (C=O) groups excluding carboxylic acids is 2. The Morgan fingerprint density at radius 1 is 0.636 bits per heavy atom. The largest absolute Gasteiger partial charge is 0.472 e. The van der Waals surface area contributed by atoms with Crippen molar-refractivity contribution in [1.82, 2.24) is 0 Å². The van der Waals surface area contributed by atoms with Crippen molar-refractivity contribution < 1.29 is 47.2 Å². The third-order valence-corrected chi connectivity index (χ3v) is 9.92. The van der Waals surface area contributed by atoms with Gasteiger partial charge in [0.15, 0.2) is 6.10 Å². The molecule has 320 valence electrons. The SMILES string of the molecule is CCCCCCCCCCCCCCCC(=O)OC[C@H](COP(=O)(O)OCC[N+](C)(C)C)OC(=O)CCC/C=C\C/C=C\C/C=C\C/C=C\[C@H](O)CCCC. The highest BCUT2D eigenvalue weighted by Crippen LogP contribution is 2.43. The first-order valence-electron chi connectivity index (χ1n) is 21.5. The lowest BCUT2D eigenvalue weighted by Gasteiger charge is -2.24. The Hall–Kier alpha value is -2.07. The van der Waals surface area contributed by atoms with E-state index in [9.17, 15) is 24.2 Å². The quantitative estimate of drug-likeness (QED) is 0.0206. The van der Waals surface area contributed by atoms with Crippen LogP contribution in [0.2, 0.25) is 0 Å². The normalized spacial score (nSPS) is 14.7. The van der Waals surface area contributed by atoms with E-state index in [1.807, 2.05) is 39.4 Å². The molecule has 0 saturated carbocycles. The first-order chi connectivity index (χ1) is 26.4. The second-order valence-electron chi connectivity index (χ2n) is 15.6. The van der Waals surface area contributed by atoms with Crippen LogP contribution in [0, 0.1) is 0 Å². The van der Waals surface area contributed by atoms with Crippen LogP contribution in [-0.2, 0) is 32.7 Å². The summed E-state index contributed by atoms with van der Waals surface area (Å²) in [5.41, 5.74) is 0. The van der Waals surface area contributed by atoms with Crippen molar-refractivity contribution in [3.8, 4) is 0 Å². The number of unbranched alkanes of at least 4 members (excludes halogenated alkanes) is 14. The highest BCUT2D eigenvalue weighted by atomic mass is 31.2. The van der Waals surface area contributed by atoms with E-state index in [0.717, 1.165) is 57.8 Å². The van der Waals surface area contributed by atoms with Gasteiger partial charge in [-0.3, -0.25) is 18.6 Å². The molecule has 0 heterocycles. The molecule has 0 bridgehead atoms. The van der Waals surface area contributed by atoms with Crippen LogP contribution in [0.4, 0.5) is 0 Å². The summed E-state index contributed by atoms with van der Waals surface area (Å²) in [7, 11) is 1.41. The van der Waals surface area contributed by atoms with Gasteiger partial charge in [0, 0.05) is 12.8 Å². The van der Waals surface area contributed by atoms with E-state index >= 15 is 0 Å². The smallest absolute Gasteiger partial charge is 0.462 e. The van der Waals surface area contributed by atoms with E-state index in [2.05, 4.69) is 44.2 Å². The lowest BCUT2D eigenvalue weighted by molar-refractivity contribution is -0.870. The number of carbonyl (C=O) groups is 2. The lowest BCUT2D eigenvalue weighted by atomic mass is 10.0. The number of phosphoric acid groups is 1. The van der Waals surface area contributed by atoms with Crippen molar-refractivity contribution in [3.63, 3.8) is 0 Å². The Labute approximate surface area is 336 Å². The van der Waals surface area contributed by atoms with E-state index in [4.69, 9.17) is 18.5 Å². The van der Waals surface area contributed by atoms with E-state index in [1.165, 1.54) is 64.2 Å². The number of rotatable bonds is 38. The molecule has 0 aliphatic heterocycles. The van der Waals surface area contributed by atoms with Crippen molar-refractivity contribution in [3.05, 3.63) is 48.6 Å². The van der Waals surface area contributed by atoms with Crippen LogP contribution >= 0.6 is 7.82 Å². The zero-order valence-electron chi connectivity index (χ0n) is 35.5. The maximum absolute atomic E-state index is 12.6. The Bertz CT molecular complexity index is 1100. The van der Waals surface area contributed by atoms with Crippen LogP contribution in [0.3, 0.4) is 0 Å². The highest BCUT2D eigenvalue weighted by molar-refractivity contribution is 7.47. The second kappa shape index (κ2) is 36.3. The number of aliphatic hydroxyl groups is 1. The molecule has 0 rings (SSSR count). The lowest BCUT2D eigenvalue weighted by Crippen LogP contribution is -2.37. The Kier molecular flexibility index (Phi) is 34.9. The van der Waals surface area contributed by atoms with Gasteiger partial charge in [-0.25, -0.2) is 4.57 Å². The molecule has 1 unspecified atom stereocenters. The monoisotopic (exact) mass is 799 g/mol. The summed E-state index contributed by atoms with van der Waals surface area (Å²) < 4.78 is 34.2. The molecule has 0 fully saturated rings. The molecule has 11 heteroatoms. The standard InChI is InChI=1S/C44H80NO9P/c1-6-8-10-11-12-13-14-15-19-22-25-28-31-35-43(47)51-39-42(40-53-55(49,50)52-38-37-45(3,4)5)54-44(48)36-32-29-26-23-20-17-16-18-21-24-27-30-34-41(46)33-9-7-2/h16-17,21,23-24,26,30,34,41-42,46H,6-15,18-20,22,25,27-29,31-33,35-40H2,1-5H3/p+1/b17-16-,24-21-,26-23-,34-30-/t41-,42-/m1/s1. The summed E-state index contributed by atoms with van der Waals surface area (Å²) >= 11 is 0. The van der Waals surface area contributed by atoms with Gasteiger partial charge < -0.3 is 24.0 Å². The average Bonchev–Trinajstić information content (AvgIpc) is 3.13. The predicted octanol–water partition coefficient (Wildman–Crippen LogP) is 10.9. The van der Waals surface area contributed by atoms with Crippen molar-refractivity contribution >= 4 is 19.8 Å². The van der Waals surface area contributed by atoms with Gasteiger partial charge in [0.2, 0.25) is 0 Å². The summed E-state index contributed by atoms with van der Waals surface area (Å²) in [6.07, 6.45) is 37.8. The molecule has 0 aliphatic rings. The van der Waals surface area contributed by atoms with Crippen LogP contribution in [0.1, 0.15) is 162 Å². The molecule has 0 aliphatic carbocycles. The minimum Gasteiger partial charge on any atom is -0.462 e. The molecule has 10 nitrogen and oxygen atoms in total. The summed E-state index contributed by atoms with van der Waals surface area (Å²) in [4.78, 5) is 35.3. The molecule has 0 aromatic heterocycles.